The molecule has 2 aromatic rings. The Morgan fingerprint density at radius 2 is 1.59 bits per heavy atom. The summed E-state index contributed by atoms with van der Waals surface area (Å²) in [5, 5.41) is 9.55. The Morgan fingerprint density at radius 3 is 2.19 bits per heavy atom. The molecule has 6 nitrogen and oxygen atoms in total. The zero-order chi connectivity index (χ0) is 19.2. The molecular weight excluding hydrogens is 364 g/mol. The molecular formula is C20H22N2O4S. The molecule has 2 aliphatic rings. The van der Waals surface area contributed by atoms with Gasteiger partial charge >= 0.3 is 5.97 Å². The van der Waals surface area contributed by atoms with Crippen LogP contribution in [0, 0.1) is 5.92 Å². The molecule has 0 spiro atoms. The van der Waals surface area contributed by atoms with Gasteiger partial charge in [-0.05, 0) is 60.6 Å². The number of sulfonamides is 1. The van der Waals surface area contributed by atoms with Crippen LogP contribution < -0.4 is 5.73 Å². The maximum atomic E-state index is 13.2. The first kappa shape index (κ1) is 18.0. The first-order valence-electron chi connectivity index (χ1n) is 9.10. The van der Waals surface area contributed by atoms with E-state index in [1.165, 1.54) is 4.31 Å². The van der Waals surface area contributed by atoms with E-state index in [1.54, 1.807) is 36.4 Å². The van der Waals surface area contributed by atoms with E-state index in [-0.39, 0.29) is 16.9 Å². The Balaban J connectivity index is 1.67. The molecule has 27 heavy (non-hydrogen) atoms. The van der Waals surface area contributed by atoms with E-state index in [9.17, 15) is 18.3 Å². The Labute approximate surface area is 158 Å². The van der Waals surface area contributed by atoms with Crippen LogP contribution in [0.3, 0.4) is 0 Å². The molecule has 142 valence electrons. The second-order valence-corrected chi connectivity index (χ2v) is 9.17. The highest BCUT2D eigenvalue weighted by molar-refractivity contribution is 7.89. The minimum absolute atomic E-state index is 0.139. The molecule has 0 amide bonds. The number of rotatable bonds is 4. The number of benzene rings is 2. The van der Waals surface area contributed by atoms with Gasteiger partial charge in [0.2, 0.25) is 10.0 Å². The smallest absolute Gasteiger partial charge is 0.322 e. The minimum atomic E-state index is -3.86. The quantitative estimate of drug-likeness (QED) is 0.787. The maximum absolute atomic E-state index is 13.2. The SMILES string of the molecule is Nc1ccc(-c2ccc(S(=O)(=O)N3C4CCC[C@@H]4C[C@@H]3C(=O)O)cc2)cc1. The molecule has 3 atom stereocenters. The van der Waals surface area contributed by atoms with Crippen molar-refractivity contribution in [2.75, 3.05) is 5.73 Å². The second kappa shape index (κ2) is 6.65. The normalized spacial score (nSPS) is 25.4. The van der Waals surface area contributed by atoms with Gasteiger partial charge in [-0.2, -0.15) is 4.31 Å². The van der Waals surface area contributed by atoms with Crippen molar-refractivity contribution in [3.8, 4) is 11.1 Å². The summed E-state index contributed by atoms with van der Waals surface area (Å²) in [5.41, 5.74) is 8.18. The van der Waals surface area contributed by atoms with E-state index in [4.69, 9.17) is 5.73 Å². The van der Waals surface area contributed by atoms with Crippen molar-refractivity contribution in [3.63, 3.8) is 0 Å². The van der Waals surface area contributed by atoms with Gasteiger partial charge < -0.3 is 10.8 Å². The van der Waals surface area contributed by atoms with Gasteiger partial charge in [-0.3, -0.25) is 4.79 Å². The fourth-order valence-corrected chi connectivity index (χ4v) is 6.29. The molecule has 4 rings (SSSR count). The summed E-state index contributed by atoms with van der Waals surface area (Å²) in [7, 11) is -3.86. The zero-order valence-corrected chi connectivity index (χ0v) is 15.6. The van der Waals surface area contributed by atoms with Crippen molar-refractivity contribution in [3.05, 3.63) is 48.5 Å². The molecule has 3 N–H and O–H groups in total. The average Bonchev–Trinajstić information content (AvgIpc) is 3.23. The third-order valence-corrected chi connectivity index (χ3v) is 7.69. The lowest BCUT2D eigenvalue weighted by Crippen LogP contribution is -2.44. The van der Waals surface area contributed by atoms with Crippen LogP contribution in [0.25, 0.3) is 11.1 Å². The lowest BCUT2D eigenvalue weighted by atomic mass is 10.0. The summed E-state index contributed by atoms with van der Waals surface area (Å²) < 4.78 is 27.7. The van der Waals surface area contributed by atoms with Crippen LogP contribution in [0.15, 0.2) is 53.4 Å². The molecule has 2 aromatic carbocycles. The van der Waals surface area contributed by atoms with Crippen LogP contribution >= 0.6 is 0 Å². The van der Waals surface area contributed by atoms with Crippen molar-refractivity contribution in [1.82, 2.24) is 4.31 Å². The first-order valence-corrected chi connectivity index (χ1v) is 10.5. The van der Waals surface area contributed by atoms with E-state index in [1.807, 2.05) is 12.1 Å². The number of hydrogen-bond acceptors (Lipinski definition) is 4. The predicted molar refractivity (Wildman–Crippen MR) is 102 cm³/mol. The lowest BCUT2D eigenvalue weighted by Gasteiger charge is -2.26. The van der Waals surface area contributed by atoms with E-state index in [0.717, 1.165) is 30.4 Å². The van der Waals surface area contributed by atoms with E-state index >= 15 is 0 Å². The largest absolute Gasteiger partial charge is 0.480 e. The van der Waals surface area contributed by atoms with E-state index in [0.29, 0.717) is 12.1 Å². The number of nitrogen functional groups attached to an aromatic ring is 1. The van der Waals surface area contributed by atoms with Gasteiger partial charge in [0.05, 0.1) is 4.90 Å². The number of aliphatic carboxylic acids is 1. The van der Waals surface area contributed by atoms with Crippen LogP contribution in [0.4, 0.5) is 5.69 Å². The average molecular weight is 386 g/mol. The van der Waals surface area contributed by atoms with Crippen molar-refractivity contribution in [2.45, 2.75) is 42.7 Å². The minimum Gasteiger partial charge on any atom is -0.480 e. The van der Waals surface area contributed by atoms with Crippen LogP contribution in [-0.2, 0) is 14.8 Å². The topological polar surface area (TPSA) is 101 Å². The molecule has 1 saturated heterocycles. The molecule has 0 bridgehead atoms. The zero-order valence-electron chi connectivity index (χ0n) is 14.8. The summed E-state index contributed by atoms with van der Waals surface area (Å²) >= 11 is 0. The Bertz CT molecular complexity index is 954. The Morgan fingerprint density at radius 1 is 1.00 bits per heavy atom. The van der Waals surface area contributed by atoms with Gasteiger partial charge in [-0.15, -0.1) is 0 Å². The molecule has 0 radical (unpaired) electrons. The van der Waals surface area contributed by atoms with Gasteiger partial charge in [-0.1, -0.05) is 30.7 Å². The molecule has 7 heteroatoms. The number of anilines is 1. The van der Waals surface area contributed by atoms with Crippen molar-refractivity contribution >= 4 is 21.7 Å². The van der Waals surface area contributed by atoms with Crippen molar-refractivity contribution in [2.24, 2.45) is 5.92 Å². The molecule has 1 aliphatic carbocycles. The number of nitrogens with zero attached hydrogens (tertiary/aromatic N) is 1. The lowest BCUT2D eigenvalue weighted by molar-refractivity contribution is -0.141. The van der Waals surface area contributed by atoms with Crippen LogP contribution in [-0.4, -0.2) is 35.9 Å². The molecule has 1 saturated carbocycles. The summed E-state index contributed by atoms with van der Waals surface area (Å²) in [4.78, 5) is 11.8. The summed E-state index contributed by atoms with van der Waals surface area (Å²) in [6.45, 7) is 0. The van der Waals surface area contributed by atoms with Gasteiger partial charge in [0.25, 0.3) is 0 Å². The number of carboxylic acid groups (broad SMARTS) is 1. The van der Waals surface area contributed by atoms with Crippen molar-refractivity contribution in [1.29, 1.82) is 0 Å². The number of carboxylic acids is 1. The van der Waals surface area contributed by atoms with Gasteiger partial charge in [-0.25, -0.2) is 8.42 Å². The molecule has 1 unspecified atom stereocenters. The monoisotopic (exact) mass is 386 g/mol. The fourth-order valence-electron chi connectivity index (χ4n) is 4.42. The van der Waals surface area contributed by atoms with Crippen LogP contribution in [0.1, 0.15) is 25.7 Å². The predicted octanol–water partition coefficient (Wildman–Crippen LogP) is 2.95. The molecule has 2 fully saturated rings. The third-order valence-electron chi connectivity index (χ3n) is 5.74. The number of nitrogens with two attached hydrogens (primary N) is 1. The maximum Gasteiger partial charge on any atom is 0.322 e. The van der Waals surface area contributed by atoms with E-state index < -0.39 is 22.0 Å². The summed E-state index contributed by atoms with van der Waals surface area (Å²) in [6, 6.07) is 12.8. The molecule has 1 aliphatic heterocycles. The first-order chi connectivity index (χ1) is 12.9. The standard InChI is InChI=1S/C20H22N2O4S/c21-16-8-4-13(5-9-16)14-6-10-17(11-7-14)27(25,26)22-18-3-1-2-15(18)12-19(22)20(23)24/h4-11,15,18-19H,1-3,12,21H2,(H,23,24)/t15-,18?,19-/m1/s1. The second-order valence-electron chi connectivity index (χ2n) is 7.33. The highest BCUT2D eigenvalue weighted by Gasteiger charge is 2.52. The number of fused-ring (bicyclic) bond motifs is 1. The third kappa shape index (κ3) is 3.11. The fraction of sp³-hybridized carbons (Fsp3) is 0.350. The highest BCUT2D eigenvalue weighted by atomic mass is 32.2. The molecule has 1 heterocycles. The van der Waals surface area contributed by atoms with Gasteiger partial charge in [0.1, 0.15) is 6.04 Å². The Hall–Kier alpha value is -2.38. The van der Waals surface area contributed by atoms with Gasteiger partial charge in [0.15, 0.2) is 0 Å². The van der Waals surface area contributed by atoms with Crippen LogP contribution in [0.5, 0.6) is 0 Å². The highest BCUT2D eigenvalue weighted by Crippen LogP contribution is 2.44. The van der Waals surface area contributed by atoms with Crippen LogP contribution in [0.2, 0.25) is 0 Å². The summed E-state index contributed by atoms with van der Waals surface area (Å²) in [6.07, 6.45) is 2.99. The number of hydrogen-bond donors (Lipinski definition) is 2. The van der Waals surface area contributed by atoms with Gasteiger partial charge in [0, 0.05) is 11.7 Å². The van der Waals surface area contributed by atoms with E-state index in [2.05, 4.69) is 0 Å². The number of carbonyl (C=O) groups is 1. The summed E-state index contributed by atoms with van der Waals surface area (Å²) in [5.74, 6) is -0.915. The molecule has 0 aromatic heterocycles. The Kier molecular flexibility index (Phi) is 4.44. The van der Waals surface area contributed by atoms with Crippen molar-refractivity contribution < 1.29 is 18.3 Å².